The van der Waals surface area contributed by atoms with Gasteiger partial charge in [-0.3, -0.25) is 14.7 Å². The average molecular weight is 419 g/mol. The van der Waals surface area contributed by atoms with Crippen LogP contribution in [0.15, 0.2) is 42.5 Å². The lowest BCUT2D eigenvalue weighted by molar-refractivity contribution is -0.142. The minimum absolute atomic E-state index is 0.157. The van der Waals surface area contributed by atoms with E-state index in [-0.39, 0.29) is 24.8 Å². The summed E-state index contributed by atoms with van der Waals surface area (Å²) in [4.78, 5) is 23.7. The molecule has 2 N–H and O–H groups in total. The second kappa shape index (κ2) is 9.04. The fourth-order valence-electron chi connectivity index (χ4n) is 3.87. The molecule has 0 spiro atoms. The first-order valence-corrected chi connectivity index (χ1v) is 10.4. The van der Waals surface area contributed by atoms with Crippen LogP contribution in [0.1, 0.15) is 34.8 Å². The van der Waals surface area contributed by atoms with E-state index in [1.54, 1.807) is 26.2 Å². The van der Waals surface area contributed by atoms with Gasteiger partial charge in [-0.15, -0.1) is 0 Å². The second-order valence-electron chi connectivity index (χ2n) is 7.34. The number of benzene rings is 2. The maximum Gasteiger partial charge on any atom is 0.307 e. The summed E-state index contributed by atoms with van der Waals surface area (Å²) in [6.07, 6.45) is 1.97. The van der Waals surface area contributed by atoms with Gasteiger partial charge in [0.2, 0.25) is 0 Å². The standard InChI is InChI=1S/C24H25N3O4/c1-3-31-21(28)12-13-25-24(29)16-6-4-15(5-7-16)22-20-10-8-17-14-18(30-2)9-11-19(17)23(20)27-26-22/h4-7,9,11,14H,3,8,10,12-13H2,1-2H3,(H,25,29)(H,26,27). The predicted molar refractivity (Wildman–Crippen MR) is 117 cm³/mol. The van der Waals surface area contributed by atoms with Crippen molar-refractivity contribution >= 4 is 11.9 Å². The third-order valence-electron chi connectivity index (χ3n) is 5.43. The van der Waals surface area contributed by atoms with Crippen molar-refractivity contribution in [1.82, 2.24) is 15.5 Å². The molecule has 1 amide bonds. The number of nitrogens with one attached hydrogen (secondary N) is 2. The van der Waals surface area contributed by atoms with E-state index >= 15 is 0 Å². The molecule has 3 aromatic rings. The predicted octanol–water partition coefficient (Wildman–Crippen LogP) is 3.53. The molecule has 1 aromatic heterocycles. The smallest absolute Gasteiger partial charge is 0.307 e. The number of methoxy groups -OCH3 is 1. The van der Waals surface area contributed by atoms with Gasteiger partial charge in [0, 0.05) is 28.8 Å². The molecule has 0 aliphatic heterocycles. The van der Waals surface area contributed by atoms with Gasteiger partial charge in [0.25, 0.3) is 5.91 Å². The zero-order valence-electron chi connectivity index (χ0n) is 17.7. The summed E-state index contributed by atoms with van der Waals surface area (Å²) < 4.78 is 10.2. The Balaban J connectivity index is 1.47. The van der Waals surface area contributed by atoms with Crippen molar-refractivity contribution in [3.8, 4) is 28.3 Å². The SMILES string of the molecule is CCOC(=O)CCNC(=O)c1ccc(-c2n[nH]c3c2CCc2cc(OC)ccc2-3)cc1. The van der Waals surface area contributed by atoms with Crippen molar-refractivity contribution in [3.05, 3.63) is 59.2 Å². The second-order valence-corrected chi connectivity index (χ2v) is 7.34. The Labute approximate surface area is 180 Å². The molecule has 1 aliphatic rings. The monoisotopic (exact) mass is 419 g/mol. The van der Waals surface area contributed by atoms with Gasteiger partial charge in [-0.1, -0.05) is 12.1 Å². The van der Waals surface area contributed by atoms with Crippen LogP contribution in [0.5, 0.6) is 5.75 Å². The molecule has 0 unspecified atom stereocenters. The molecule has 4 rings (SSSR count). The first-order valence-electron chi connectivity index (χ1n) is 10.4. The van der Waals surface area contributed by atoms with Gasteiger partial charge >= 0.3 is 5.97 Å². The number of esters is 1. The fourth-order valence-corrected chi connectivity index (χ4v) is 3.87. The third-order valence-corrected chi connectivity index (χ3v) is 5.43. The van der Waals surface area contributed by atoms with E-state index in [1.165, 1.54) is 11.1 Å². The zero-order valence-corrected chi connectivity index (χ0v) is 17.7. The van der Waals surface area contributed by atoms with Gasteiger partial charge < -0.3 is 14.8 Å². The number of nitrogens with zero attached hydrogens (tertiary/aromatic N) is 1. The summed E-state index contributed by atoms with van der Waals surface area (Å²) in [6, 6.07) is 13.5. The maximum absolute atomic E-state index is 12.3. The highest BCUT2D eigenvalue weighted by Gasteiger charge is 2.23. The molecule has 0 saturated heterocycles. The summed E-state index contributed by atoms with van der Waals surface area (Å²) in [5, 5.41) is 10.5. The minimum Gasteiger partial charge on any atom is -0.497 e. The van der Waals surface area contributed by atoms with Crippen molar-refractivity contribution in [1.29, 1.82) is 0 Å². The molecule has 7 heteroatoms. The minimum atomic E-state index is -0.318. The van der Waals surface area contributed by atoms with E-state index in [0.29, 0.717) is 12.2 Å². The van der Waals surface area contributed by atoms with Crippen LogP contribution in [0.25, 0.3) is 22.5 Å². The van der Waals surface area contributed by atoms with Gasteiger partial charge in [-0.2, -0.15) is 5.10 Å². The Morgan fingerprint density at radius 3 is 2.68 bits per heavy atom. The fraction of sp³-hybridized carbons (Fsp3) is 0.292. The van der Waals surface area contributed by atoms with Crippen LogP contribution in [0.2, 0.25) is 0 Å². The molecular formula is C24H25N3O4. The number of carbonyl (C=O) groups is 2. The molecular weight excluding hydrogens is 394 g/mol. The Morgan fingerprint density at radius 2 is 1.94 bits per heavy atom. The van der Waals surface area contributed by atoms with Gasteiger partial charge in [-0.25, -0.2) is 0 Å². The number of ether oxygens (including phenoxy) is 2. The number of amides is 1. The van der Waals surface area contributed by atoms with Crippen LogP contribution >= 0.6 is 0 Å². The third kappa shape index (κ3) is 4.30. The molecule has 0 saturated carbocycles. The van der Waals surface area contributed by atoms with Gasteiger partial charge in [0.05, 0.1) is 31.5 Å². The van der Waals surface area contributed by atoms with Crippen LogP contribution in [-0.4, -0.2) is 42.3 Å². The Bertz CT molecular complexity index is 1100. The van der Waals surface area contributed by atoms with E-state index in [9.17, 15) is 9.59 Å². The van der Waals surface area contributed by atoms with Crippen molar-refractivity contribution in [3.63, 3.8) is 0 Å². The highest BCUT2D eigenvalue weighted by Crippen LogP contribution is 2.38. The number of fused-ring (bicyclic) bond motifs is 3. The van der Waals surface area contributed by atoms with Crippen molar-refractivity contribution in [2.24, 2.45) is 0 Å². The van der Waals surface area contributed by atoms with Crippen LogP contribution in [0, 0.1) is 0 Å². The van der Waals surface area contributed by atoms with Crippen LogP contribution < -0.4 is 10.1 Å². The average Bonchev–Trinajstić information content (AvgIpc) is 3.23. The molecule has 2 aromatic carbocycles. The summed E-state index contributed by atoms with van der Waals surface area (Å²) in [7, 11) is 1.68. The molecule has 31 heavy (non-hydrogen) atoms. The van der Waals surface area contributed by atoms with E-state index < -0.39 is 0 Å². The van der Waals surface area contributed by atoms with E-state index in [4.69, 9.17) is 9.47 Å². The molecule has 0 bridgehead atoms. The van der Waals surface area contributed by atoms with Crippen LogP contribution in [-0.2, 0) is 22.4 Å². The molecule has 0 fully saturated rings. The van der Waals surface area contributed by atoms with E-state index in [0.717, 1.165) is 41.1 Å². The zero-order chi connectivity index (χ0) is 21.8. The van der Waals surface area contributed by atoms with Gasteiger partial charge in [0.1, 0.15) is 5.75 Å². The summed E-state index contributed by atoms with van der Waals surface area (Å²) in [5.41, 5.74) is 7.03. The van der Waals surface area contributed by atoms with Crippen LogP contribution in [0.3, 0.4) is 0 Å². The lowest BCUT2D eigenvalue weighted by Gasteiger charge is -2.17. The number of aryl methyl sites for hydroxylation is 1. The summed E-state index contributed by atoms with van der Waals surface area (Å²) >= 11 is 0. The quantitative estimate of drug-likeness (QED) is 0.572. The van der Waals surface area contributed by atoms with Crippen molar-refractivity contribution in [2.45, 2.75) is 26.2 Å². The number of aromatic nitrogens is 2. The summed E-state index contributed by atoms with van der Waals surface area (Å²) in [5.74, 6) is 0.322. The lowest BCUT2D eigenvalue weighted by atomic mass is 9.87. The molecule has 7 nitrogen and oxygen atoms in total. The highest BCUT2D eigenvalue weighted by molar-refractivity contribution is 5.95. The Kier molecular flexibility index (Phi) is 6.02. The maximum atomic E-state index is 12.3. The molecule has 1 heterocycles. The lowest BCUT2D eigenvalue weighted by Crippen LogP contribution is -2.26. The number of hydrogen-bond acceptors (Lipinski definition) is 5. The number of aromatic amines is 1. The molecule has 0 radical (unpaired) electrons. The number of hydrogen-bond donors (Lipinski definition) is 2. The number of H-pyrrole nitrogens is 1. The Morgan fingerprint density at radius 1 is 1.13 bits per heavy atom. The first-order chi connectivity index (χ1) is 15.1. The van der Waals surface area contributed by atoms with Gasteiger partial charge in [-0.05, 0) is 55.7 Å². The molecule has 1 aliphatic carbocycles. The van der Waals surface area contributed by atoms with Crippen LogP contribution in [0.4, 0.5) is 0 Å². The largest absolute Gasteiger partial charge is 0.497 e. The van der Waals surface area contributed by atoms with Gasteiger partial charge in [0.15, 0.2) is 0 Å². The molecule has 0 atom stereocenters. The normalized spacial score (nSPS) is 11.9. The summed E-state index contributed by atoms with van der Waals surface area (Å²) in [6.45, 7) is 2.34. The Hall–Kier alpha value is -3.61. The van der Waals surface area contributed by atoms with E-state index in [1.807, 2.05) is 18.2 Å². The van der Waals surface area contributed by atoms with E-state index in [2.05, 4.69) is 27.6 Å². The number of carbonyl (C=O) groups excluding carboxylic acids is 2. The van der Waals surface area contributed by atoms with Crippen molar-refractivity contribution in [2.75, 3.05) is 20.3 Å². The first kappa shape index (κ1) is 20.7. The molecule has 160 valence electrons. The highest BCUT2D eigenvalue weighted by atomic mass is 16.5. The van der Waals surface area contributed by atoms with Crippen molar-refractivity contribution < 1.29 is 19.1 Å². The number of rotatable bonds is 7. The topological polar surface area (TPSA) is 93.3 Å².